The van der Waals surface area contributed by atoms with Crippen molar-refractivity contribution in [2.75, 3.05) is 13.2 Å². The molecule has 0 bridgehead atoms. The van der Waals surface area contributed by atoms with Gasteiger partial charge in [0.1, 0.15) is 43.2 Å². The Labute approximate surface area is 416 Å². The number of hydrogen-bond donors (Lipinski definition) is 8. The quantitative estimate of drug-likeness (QED) is 0.0123. The van der Waals surface area contributed by atoms with Crippen LogP contribution < -0.4 is 0 Å². The van der Waals surface area contributed by atoms with Crippen molar-refractivity contribution in [3.63, 3.8) is 0 Å². The fourth-order valence-corrected chi connectivity index (χ4v) is 8.45. The lowest BCUT2D eigenvalue weighted by Gasteiger charge is -2.43. The van der Waals surface area contributed by atoms with Crippen molar-refractivity contribution in [3.05, 3.63) is 97.2 Å². The summed E-state index contributed by atoms with van der Waals surface area (Å²) in [4.78, 5) is 54.4. The summed E-state index contributed by atoms with van der Waals surface area (Å²) in [5.41, 5.74) is 0. The first kappa shape index (κ1) is 64.9. The van der Waals surface area contributed by atoms with Gasteiger partial charge >= 0.3 is 27.6 Å². The summed E-state index contributed by atoms with van der Waals surface area (Å²) in [6.45, 7) is 2.74. The van der Waals surface area contributed by atoms with Gasteiger partial charge in [0, 0.05) is 12.8 Å². The van der Waals surface area contributed by atoms with E-state index in [2.05, 4.69) is 78.3 Å². The third-order valence-corrected chi connectivity index (χ3v) is 12.2. The van der Waals surface area contributed by atoms with Gasteiger partial charge < -0.3 is 49.7 Å². The summed E-state index contributed by atoms with van der Waals surface area (Å²) in [5, 5.41) is 51.0. The van der Waals surface area contributed by atoms with Gasteiger partial charge in [-0.1, -0.05) is 143 Å². The average Bonchev–Trinajstić information content (AvgIpc) is 3.31. The highest BCUT2D eigenvalue weighted by Gasteiger charge is 2.54. The average molecular weight is 1030 g/mol. The number of hydrogen-bond acceptors (Lipinski definition) is 14. The molecule has 1 aliphatic carbocycles. The molecule has 0 aliphatic heterocycles. The molecule has 1 aliphatic rings. The Balaban J connectivity index is 2.62. The van der Waals surface area contributed by atoms with Crippen LogP contribution in [0.1, 0.15) is 149 Å². The van der Waals surface area contributed by atoms with Gasteiger partial charge in [0.15, 0.2) is 6.10 Å². The summed E-state index contributed by atoms with van der Waals surface area (Å²) < 4.78 is 49.4. The van der Waals surface area contributed by atoms with Gasteiger partial charge in [0.2, 0.25) is 0 Å². The van der Waals surface area contributed by atoms with E-state index < -0.39 is 83.5 Å². The maximum absolute atomic E-state index is 13.0. The van der Waals surface area contributed by atoms with Crippen LogP contribution in [-0.2, 0) is 41.8 Å². The molecule has 8 N–H and O–H groups in total. The zero-order valence-corrected chi connectivity index (χ0v) is 43.1. The number of aliphatic hydroxyl groups excluding tert-OH is 5. The molecule has 0 amide bonds. The van der Waals surface area contributed by atoms with Gasteiger partial charge in [0.05, 0.1) is 12.7 Å². The Bertz CT molecular complexity index is 1730. The van der Waals surface area contributed by atoms with Gasteiger partial charge in [0.25, 0.3) is 0 Å². The van der Waals surface area contributed by atoms with Crippen molar-refractivity contribution in [1.82, 2.24) is 0 Å². The predicted molar refractivity (Wildman–Crippen MR) is 270 cm³/mol. The van der Waals surface area contributed by atoms with Gasteiger partial charge in [-0.25, -0.2) is 9.13 Å². The first-order chi connectivity index (χ1) is 33.5. The highest BCUT2D eigenvalue weighted by atomic mass is 31.2. The highest BCUT2D eigenvalue weighted by molar-refractivity contribution is 7.47. The number of phosphoric ester groups is 2. The molecule has 6 unspecified atom stereocenters. The lowest BCUT2D eigenvalue weighted by molar-refractivity contribution is -0.216. The third-order valence-electron chi connectivity index (χ3n) is 10.7. The normalized spacial score (nSPS) is 22.3. The van der Waals surface area contributed by atoms with Crippen molar-refractivity contribution in [3.8, 4) is 0 Å². The minimum absolute atomic E-state index is 0.00281. The van der Waals surface area contributed by atoms with Crippen LogP contribution in [-0.4, -0.2) is 114 Å². The molecule has 1 saturated carbocycles. The maximum Gasteiger partial charge on any atom is 0.472 e. The summed E-state index contributed by atoms with van der Waals surface area (Å²) in [5.74, 6) is -1.32. The molecule has 0 aromatic carbocycles. The Hall–Kier alpha value is -3.12. The van der Waals surface area contributed by atoms with Gasteiger partial charge in [-0.05, 0) is 89.9 Å². The second-order valence-electron chi connectivity index (χ2n) is 17.0. The molecule has 0 saturated heterocycles. The zero-order valence-electron chi connectivity index (χ0n) is 41.3. The summed E-state index contributed by atoms with van der Waals surface area (Å²) in [6.07, 6.45) is 34.2. The smallest absolute Gasteiger partial charge is 0.462 e. The van der Waals surface area contributed by atoms with E-state index in [-0.39, 0.29) is 18.9 Å². The number of rotatable bonds is 40. The fourth-order valence-electron chi connectivity index (χ4n) is 6.91. The molecular formula is C51H84O17P2. The SMILES string of the molecule is CC/C=C\C/C=C\C/C=C\C/C=C\CCCCCCCCC(=O)O[C@H](COC(=O)CCC/C=C\C/C=C\C/C=C\C/C=C\CC(O)CCC)COP(=O)(O)O[C@H]1C(O)C(O)C(O)[C@@H](OP(=O)(O)O)C1O. The van der Waals surface area contributed by atoms with Crippen molar-refractivity contribution in [2.45, 2.75) is 198 Å². The lowest BCUT2D eigenvalue weighted by atomic mass is 9.85. The van der Waals surface area contributed by atoms with Crippen LogP contribution in [0.25, 0.3) is 0 Å². The van der Waals surface area contributed by atoms with E-state index in [0.29, 0.717) is 25.7 Å². The zero-order chi connectivity index (χ0) is 51.9. The van der Waals surface area contributed by atoms with E-state index in [9.17, 15) is 58.9 Å². The van der Waals surface area contributed by atoms with E-state index >= 15 is 0 Å². The fraction of sp³-hybridized carbons (Fsp3) is 0.647. The molecule has 0 aromatic heterocycles. The van der Waals surface area contributed by atoms with E-state index in [4.69, 9.17) is 18.5 Å². The van der Waals surface area contributed by atoms with E-state index in [1.165, 1.54) is 0 Å². The van der Waals surface area contributed by atoms with Crippen LogP contribution >= 0.6 is 15.6 Å². The first-order valence-corrected chi connectivity index (χ1v) is 27.9. The van der Waals surface area contributed by atoms with E-state index in [0.717, 1.165) is 96.3 Å². The van der Waals surface area contributed by atoms with Gasteiger partial charge in [-0.2, -0.15) is 0 Å². The molecule has 19 heteroatoms. The molecule has 1 fully saturated rings. The predicted octanol–water partition coefficient (Wildman–Crippen LogP) is 8.92. The van der Waals surface area contributed by atoms with Crippen molar-refractivity contribution in [1.29, 1.82) is 0 Å². The molecule has 17 nitrogen and oxygen atoms in total. The van der Waals surface area contributed by atoms with Gasteiger partial charge in [-0.3, -0.25) is 23.2 Å². The largest absolute Gasteiger partial charge is 0.472 e. The highest BCUT2D eigenvalue weighted by Crippen LogP contribution is 2.49. The Morgan fingerprint density at radius 3 is 1.51 bits per heavy atom. The van der Waals surface area contributed by atoms with Gasteiger partial charge in [-0.15, -0.1) is 0 Å². The molecule has 400 valence electrons. The third kappa shape index (κ3) is 34.3. The molecule has 70 heavy (non-hydrogen) atoms. The van der Waals surface area contributed by atoms with Crippen LogP contribution in [0, 0.1) is 0 Å². The van der Waals surface area contributed by atoms with Crippen molar-refractivity contribution >= 4 is 27.6 Å². The second-order valence-corrected chi connectivity index (χ2v) is 19.6. The van der Waals surface area contributed by atoms with Crippen LogP contribution in [0.5, 0.6) is 0 Å². The van der Waals surface area contributed by atoms with Crippen molar-refractivity contribution in [2.24, 2.45) is 0 Å². The second kappa shape index (κ2) is 40.4. The van der Waals surface area contributed by atoms with Crippen LogP contribution in [0.2, 0.25) is 0 Å². The standard InChI is InChI=1S/C51H84O17P2/c1-3-5-6-7-8-9-10-11-12-13-14-15-16-19-23-26-29-32-35-39-45(54)66-43(41-65-70(62,63)68-51-48(57)46(55)47(56)50(49(51)58)67-69(59,60)61)40-64-44(53)38-34-31-28-25-22-20-17-18-21-24-27-30-33-37-42(52)36-4-2/h5-6,8-9,11-12,14-15,17,20-21,24-25,28,30,33,42-43,46-52,55-58H,3-4,7,10,13,16,18-19,22-23,26-27,29,31-32,34-41H2,1-2H3,(H,62,63)(H2,59,60,61)/b6-5-,9-8-,12-11-,15-14-,20-17-,24-21-,28-25-,33-30-/t42?,43-,46?,47?,48?,49?,50-,51+/m1/s1. The molecule has 0 aromatic rings. The molecule has 0 radical (unpaired) electrons. The number of unbranched alkanes of at least 4 members (excludes halogenated alkanes) is 7. The maximum atomic E-state index is 13.0. The van der Waals surface area contributed by atoms with Crippen molar-refractivity contribution < 1.29 is 82.0 Å². The first-order valence-electron chi connectivity index (χ1n) is 24.9. The monoisotopic (exact) mass is 1030 g/mol. The van der Waals surface area contributed by atoms with Crippen LogP contribution in [0.4, 0.5) is 0 Å². The molecule has 0 spiro atoms. The Kier molecular flexibility index (Phi) is 37.4. The lowest BCUT2D eigenvalue weighted by Crippen LogP contribution is -2.64. The summed E-state index contributed by atoms with van der Waals surface area (Å²) in [6, 6.07) is 0. The summed E-state index contributed by atoms with van der Waals surface area (Å²) >= 11 is 0. The number of carbonyl (C=O) groups is 2. The Morgan fingerprint density at radius 2 is 0.986 bits per heavy atom. The minimum Gasteiger partial charge on any atom is -0.462 e. The molecule has 9 atom stereocenters. The number of aliphatic hydroxyl groups is 5. The van der Waals surface area contributed by atoms with E-state index in [1.807, 2.05) is 37.3 Å². The Morgan fingerprint density at radius 1 is 0.529 bits per heavy atom. The number of ether oxygens (including phenoxy) is 2. The van der Waals surface area contributed by atoms with Crippen LogP contribution in [0.3, 0.4) is 0 Å². The molecule has 0 heterocycles. The summed E-state index contributed by atoms with van der Waals surface area (Å²) in [7, 11) is -10.7. The number of carbonyl (C=O) groups excluding carboxylic acids is 2. The van der Waals surface area contributed by atoms with E-state index in [1.54, 1.807) is 0 Å². The number of phosphoric acid groups is 2. The molecule has 1 rings (SSSR count). The topological polar surface area (TPSA) is 276 Å². The minimum atomic E-state index is -5.38. The molecular weight excluding hydrogens is 946 g/mol. The number of allylic oxidation sites excluding steroid dienone is 15. The number of esters is 2. The van der Waals surface area contributed by atoms with Crippen LogP contribution in [0.15, 0.2) is 97.2 Å².